The highest BCUT2D eigenvalue weighted by molar-refractivity contribution is 5.93. The number of aromatic nitrogens is 2. The molecule has 0 bridgehead atoms. The Bertz CT molecular complexity index is 1110. The molecule has 1 aliphatic rings. The van der Waals surface area contributed by atoms with E-state index >= 15 is 0 Å². The van der Waals surface area contributed by atoms with Gasteiger partial charge in [0.15, 0.2) is 11.5 Å². The fourth-order valence-corrected chi connectivity index (χ4v) is 4.71. The van der Waals surface area contributed by atoms with E-state index in [4.69, 9.17) is 4.42 Å². The molecule has 0 aliphatic carbocycles. The van der Waals surface area contributed by atoms with Crippen LogP contribution in [0, 0.1) is 11.8 Å². The number of carbonyl (C=O) groups excluding carboxylic acids is 1. The van der Waals surface area contributed by atoms with Gasteiger partial charge in [-0.2, -0.15) is 13.2 Å². The number of H-pyrrole nitrogens is 1. The second kappa shape index (κ2) is 10.8. The minimum atomic E-state index is -4.20. The zero-order valence-electron chi connectivity index (χ0n) is 20.3. The molecule has 2 aromatic heterocycles. The van der Waals surface area contributed by atoms with Gasteiger partial charge in [-0.3, -0.25) is 9.69 Å². The molecule has 1 N–H and O–H groups in total. The maximum Gasteiger partial charge on any atom is 0.401 e. The molecule has 0 spiro atoms. The normalized spacial score (nSPS) is 16.3. The minimum Gasteiger partial charge on any atom is -0.420 e. The molecule has 0 amide bonds. The summed E-state index contributed by atoms with van der Waals surface area (Å²) in [6, 6.07) is 8.47. The van der Waals surface area contributed by atoms with Gasteiger partial charge < -0.3 is 14.3 Å². The van der Waals surface area contributed by atoms with Crippen molar-refractivity contribution in [2.75, 3.05) is 37.6 Å². The molecular formula is C26H33F3N4O2. The number of aromatic amines is 1. The first kappa shape index (κ1) is 25.3. The van der Waals surface area contributed by atoms with Gasteiger partial charge in [0.05, 0.1) is 12.7 Å². The summed E-state index contributed by atoms with van der Waals surface area (Å²) < 4.78 is 43.6. The third-order valence-corrected chi connectivity index (χ3v) is 6.62. The van der Waals surface area contributed by atoms with Crippen molar-refractivity contribution in [2.45, 2.75) is 45.7 Å². The van der Waals surface area contributed by atoms with Crippen LogP contribution in [-0.4, -0.2) is 59.6 Å². The van der Waals surface area contributed by atoms with E-state index in [0.29, 0.717) is 31.4 Å². The van der Waals surface area contributed by atoms with Gasteiger partial charge in [0.2, 0.25) is 0 Å². The Morgan fingerprint density at radius 2 is 1.89 bits per heavy atom. The number of carbonyl (C=O) groups is 1. The molecule has 1 atom stereocenters. The van der Waals surface area contributed by atoms with Crippen LogP contribution in [0.1, 0.15) is 49.2 Å². The number of piperazine rings is 1. The lowest BCUT2D eigenvalue weighted by Gasteiger charge is -2.34. The molecule has 4 rings (SSSR count). The van der Waals surface area contributed by atoms with Crippen molar-refractivity contribution in [1.82, 2.24) is 14.9 Å². The summed E-state index contributed by atoms with van der Waals surface area (Å²) >= 11 is 0. The van der Waals surface area contributed by atoms with E-state index in [1.807, 2.05) is 24.4 Å². The number of ketones is 1. The fourth-order valence-electron chi connectivity index (χ4n) is 4.71. The Balaban J connectivity index is 1.38. The standard InChI is InChI=1S/C26H33F3N4O2/c1-18(2)7-8-19(13-20-15-30-22-6-4-3-5-21(20)22)14-23(34)24-16-31-25(35-24)33-11-9-32(10-12-33)17-26(27,28)29/h3-6,15-16,18-19,30H,7-14,17H2,1-2H3. The number of anilines is 1. The largest absolute Gasteiger partial charge is 0.420 e. The predicted molar refractivity (Wildman–Crippen MR) is 130 cm³/mol. The van der Waals surface area contributed by atoms with Gasteiger partial charge in [-0.1, -0.05) is 38.5 Å². The third kappa shape index (κ3) is 6.87. The Hall–Kier alpha value is -2.81. The molecule has 3 heterocycles. The van der Waals surface area contributed by atoms with Crippen molar-refractivity contribution in [1.29, 1.82) is 0 Å². The monoisotopic (exact) mass is 490 g/mol. The van der Waals surface area contributed by atoms with Crippen molar-refractivity contribution < 1.29 is 22.4 Å². The van der Waals surface area contributed by atoms with E-state index in [-0.39, 0.29) is 30.6 Å². The predicted octanol–water partition coefficient (Wildman–Crippen LogP) is 5.71. The Morgan fingerprint density at radius 1 is 1.14 bits per heavy atom. The summed E-state index contributed by atoms with van der Waals surface area (Å²) in [5.74, 6) is 0.839. The number of oxazole rings is 1. The van der Waals surface area contributed by atoms with Gasteiger partial charge in [0, 0.05) is 49.7 Å². The lowest BCUT2D eigenvalue weighted by molar-refractivity contribution is -0.146. The van der Waals surface area contributed by atoms with Gasteiger partial charge in [0.25, 0.3) is 6.01 Å². The molecular weight excluding hydrogens is 457 g/mol. The number of nitrogens with zero attached hydrogens (tertiary/aromatic N) is 3. The van der Waals surface area contributed by atoms with Crippen molar-refractivity contribution in [3.8, 4) is 0 Å². The van der Waals surface area contributed by atoms with Crippen LogP contribution < -0.4 is 4.90 Å². The van der Waals surface area contributed by atoms with Crippen LogP contribution >= 0.6 is 0 Å². The minimum absolute atomic E-state index is 0.0898. The van der Waals surface area contributed by atoms with Crippen LogP contribution in [0.5, 0.6) is 0 Å². The smallest absolute Gasteiger partial charge is 0.401 e. The summed E-state index contributed by atoms with van der Waals surface area (Å²) in [5.41, 5.74) is 2.30. The lowest BCUT2D eigenvalue weighted by atomic mass is 9.87. The number of hydrogen-bond acceptors (Lipinski definition) is 5. The van der Waals surface area contributed by atoms with Crippen molar-refractivity contribution in [3.63, 3.8) is 0 Å². The van der Waals surface area contributed by atoms with Gasteiger partial charge in [-0.05, 0) is 36.3 Å². The molecule has 6 nitrogen and oxygen atoms in total. The number of para-hydroxylation sites is 1. The van der Waals surface area contributed by atoms with Crippen LogP contribution in [-0.2, 0) is 6.42 Å². The number of hydrogen-bond donors (Lipinski definition) is 1. The summed E-state index contributed by atoms with van der Waals surface area (Å²) in [7, 11) is 0. The molecule has 1 aromatic carbocycles. The highest BCUT2D eigenvalue weighted by atomic mass is 19.4. The van der Waals surface area contributed by atoms with E-state index in [1.54, 1.807) is 4.90 Å². The zero-order chi connectivity index (χ0) is 25.0. The van der Waals surface area contributed by atoms with E-state index < -0.39 is 12.7 Å². The molecule has 0 saturated carbocycles. The number of alkyl halides is 3. The number of halogens is 3. The highest BCUT2D eigenvalue weighted by Gasteiger charge is 2.33. The summed E-state index contributed by atoms with van der Waals surface area (Å²) in [4.78, 5) is 23.8. The van der Waals surface area contributed by atoms with Gasteiger partial charge in [-0.25, -0.2) is 4.98 Å². The molecule has 3 aromatic rings. The molecule has 9 heteroatoms. The number of Topliss-reactive ketones (excluding diaryl/α,β-unsaturated/α-hetero) is 1. The van der Waals surface area contributed by atoms with Crippen LogP contribution in [0.3, 0.4) is 0 Å². The van der Waals surface area contributed by atoms with Crippen LogP contribution in [0.4, 0.5) is 19.2 Å². The SMILES string of the molecule is CC(C)CCC(CC(=O)c1cnc(N2CCN(CC(F)(F)F)CC2)o1)Cc1c[nH]c2ccccc12. The first-order valence-corrected chi connectivity index (χ1v) is 12.3. The second-order valence-electron chi connectivity index (χ2n) is 9.91. The van der Waals surface area contributed by atoms with Crippen LogP contribution in [0.15, 0.2) is 41.1 Å². The van der Waals surface area contributed by atoms with E-state index in [9.17, 15) is 18.0 Å². The van der Waals surface area contributed by atoms with Gasteiger partial charge >= 0.3 is 6.18 Å². The van der Waals surface area contributed by atoms with E-state index in [2.05, 4.69) is 29.9 Å². The highest BCUT2D eigenvalue weighted by Crippen LogP contribution is 2.28. The Kier molecular flexibility index (Phi) is 7.84. The quantitative estimate of drug-likeness (QED) is 0.369. The van der Waals surface area contributed by atoms with E-state index in [0.717, 1.165) is 24.8 Å². The van der Waals surface area contributed by atoms with Crippen LogP contribution in [0.2, 0.25) is 0 Å². The average Bonchev–Trinajstić information content (AvgIpc) is 3.45. The van der Waals surface area contributed by atoms with E-state index in [1.165, 1.54) is 22.0 Å². The molecule has 1 aliphatic heterocycles. The molecule has 1 unspecified atom stereocenters. The number of fused-ring (bicyclic) bond motifs is 1. The van der Waals surface area contributed by atoms with Crippen molar-refractivity contribution >= 4 is 22.7 Å². The molecule has 1 saturated heterocycles. The molecule has 190 valence electrons. The molecule has 1 fully saturated rings. The summed E-state index contributed by atoms with van der Waals surface area (Å²) in [5, 5.41) is 1.18. The Morgan fingerprint density at radius 3 is 2.60 bits per heavy atom. The van der Waals surface area contributed by atoms with Crippen LogP contribution in [0.25, 0.3) is 10.9 Å². The number of rotatable bonds is 10. The second-order valence-corrected chi connectivity index (χ2v) is 9.91. The number of benzene rings is 1. The third-order valence-electron chi connectivity index (χ3n) is 6.62. The lowest BCUT2D eigenvalue weighted by Crippen LogP contribution is -2.49. The number of nitrogens with one attached hydrogen (secondary N) is 1. The topological polar surface area (TPSA) is 65.4 Å². The van der Waals surface area contributed by atoms with Gasteiger partial charge in [-0.15, -0.1) is 0 Å². The maximum atomic E-state index is 13.1. The molecule has 35 heavy (non-hydrogen) atoms. The Labute approximate surface area is 203 Å². The summed E-state index contributed by atoms with van der Waals surface area (Å²) in [6.07, 6.45) is 2.40. The maximum absolute atomic E-state index is 13.1. The first-order chi connectivity index (χ1) is 16.7. The fraction of sp³-hybridized carbons (Fsp3) is 0.538. The summed E-state index contributed by atoms with van der Waals surface area (Å²) in [6.45, 7) is 4.75. The first-order valence-electron chi connectivity index (χ1n) is 12.3. The zero-order valence-corrected chi connectivity index (χ0v) is 20.3. The van der Waals surface area contributed by atoms with Crippen molar-refractivity contribution in [3.05, 3.63) is 48.0 Å². The molecule has 0 radical (unpaired) electrons. The van der Waals surface area contributed by atoms with Gasteiger partial charge in [0.1, 0.15) is 0 Å². The van der Waals surface area contributed by atoms with Crippen molar-refractivity contribution in [2.24, 2.45) is 11.8 Å². The average molecular weight is 491 g/mol.